The Hall–Kier alpha value is -2.09. The summed E-state index contributed by atoms with van der Waals surface area (Å²) >= 11 is 5.78. The van der Waals surface area contributed by atoms with Crippen molar-refractivity contribution in [2.45, 2.75) is 11.4 Å². The van der Waals surface area contributed by atoms with E-state index in [4.69, 9.17) is 16.0 Å². The molecule has 1 heterocycles. The molecule has 0 saturated heterocycles. The number of nitrogens with one attached hydrogen (secondary N) is 2. The third-order valence-corrected chi connectivity index (χ3v) is 4.73. The van der Waals surface area contributed by atoms with E-state index in [0.717, 1.165) is 5.56 Å². The molecule has 6 nitrogen and oxygen atoms in total. The van der Waals surface area contributed by atoms with Gasteiger partial charge in [0.05, 0.1) is 10.4 Å². The van der Waals surface area contributed by atoms with E-state index in [1.165, 1.54) is 18.2 Å². The molecule has 0 amide bonds. The standard InChI is InChI=1S/C14H11ClN2O4S/c15-10-3-1-9(2-4-10)8-16-22(19,20)11-5-6-12-13(7-11)21-14(18)17-12/h1-7,16H,8H2,(H,17,18). The Bertz CT molecular complexity index is 974. The largest absolute Gasteiger partial charge is 0.417 e. The Morgan fingerprint density at radius 3 is 2.59 bits per heavy atom. The van der Waals surface area contributed by atoms with E-state index in [0.29, 0.717) is 10.5 Å². The highest BCUT2D eigenvalue weighted by atomic mass is 35.5. The van der Waals surface area contributed by atoms with Crippen molar-refractivity contribution in [3.8, 4) is 0 Å². The molecule has 0 fully saturated rings. The predicted molar refractivity (Wildman–Crippen MR) is 82.3 cm³/mol. The summed E-state index contributed by atoms with van der Waals surface area (Å²) in [7, 11) is -3.71. The molecule has 0 saturated carbocycles. The molecule has 0 atom stereocenters. The number of halogens is 1. The van der Waals surface area contributed by atoms with E-state index in [1.807, 2.05) is 0 Å². The van der Waals surface area contributed by atoms with Gasteiger partial charge in [-0.05, 0) is 29.8 Å². The third kappa shape index (κ3) is 3.06. The molecule has 8 heteroatoms. The molecule has 0 aliphatic carbocycles. The van der Waals surface area contributed by atoms with Gasteiger partial charge in [-0.15, -0.1) is 0 Å². The SMILES string of the molecule is O=c1[nH]c2ccc(S(=O)(=O)NCc3ccc(Cl)cc3)cc2o1. The lowest BCUT2D eigenvalue weighted by atomic mass is 10.2. The summed E-state index contributed by atoms with van der Waals surface area (Å²) in [6, 6.07) is 11.0. The second-order valence-electron chi connectivity index (χ2n) is 4.62. The number of aromatic nitrogens is 1. The molecule has 3 rings (SSSR count). The summed E-state index contributed by atoms with van der Waals surface area (Å²) in [6.45, 7) is 0.134. The molecule has 114 valence electrons. The first-order valence-corrected chi connectivity index (χ1v) is 8.17. The molecule has 22 heavy (non-hydrogen) atoms. The average molecular weight is 339 g/mol. The van der Waals surface area contributed by atoms with E-state index < -0.39 is 15.8 Å². The van der Waals surface area contributed by atoms with Crippen molar-refractivity contribution in [2.24, 2.45) is 0 Å². The Morgan fingerprint density at radius 1 is 1.14 bits per heavy atom. The van der Waals surface area contributed by atoms with Gasteiger partial charge in [0.15, 0.2) is 5.58 Å². The van der Waals surface area contributed by atoms with Crippen LogP contribution in [0.3, 0.4) is 0 Å². The number of H-pyrrole nitrogens is 1. The van der Waals surface area contributed by atoms with Crippen LogP contribution >= 0.6 is 11.6 Å². The first-order valence-electron chi connectivity index (χ1n) is 6.31. The van der Waals surface area contributed by atoms with Crippen LogP contribution in [0.5, 0.6) is 0 Å². The number of hydrogen-bond donors (Lipinski definition) is 2. The number of aromatic amines is 1. The highest BCUT2D eigenvalue weighted by molar-refractivity contribution is 7.89. The monoisotopic (exact) mass is 338 g/mol. The molecule has 1 aromatic heterocycles. The van der Waals surface area contributed by atoms with E-state index in [9.17, 15) is 13.2 Å². The topological polar surface area (TPSA) is 92.2 Å². The smallest absolute Gasteiger partial charge is 0.408 e. The maximum absolute atomic E-state index is 12.3. The molecule has 0 aliphatic heterocycles. The molecule has 0 bridgehead atoms. The van der Waals surface area contributed by atoms with Crippen LogP contribution in [-0.4, -0.2) is 13.4 Å². The zero-order chi connectivity index (χ0) is 15.7. The van der Waals surface area contributed by atoms with Crippen LogP contribution in [0.4, 0.5) is 0 Å². The van der Waals surface area contributed by atoms with E-state index in [1.54, 1.807) is 24.3 Å². The lowest BCUT2D eigenvalue weighted by Crippen LogP contribution is -2.23. The number of oxazole rings is 1. The molecular formula is C14H11ClN2O4S. The normalized spacial score (nSPS) is 11.9. The number of sulfonamides is 1. The Kier molecular flexibility index (Phi) is 3.78. The number of hydrogen-bond acceptors (Lipinski definition) is 4. The fourth-order valence-corrected chi connectivity index (χ4v) is 3.12. The molecule has 3 aromatic rings. The molecular weight excluding hydrogens is 328 g/mol. The summed E-state index contributed by atoms with van der Waals surface area (Å²) in [5.74, 6) is -0.626. The van der Waals surface area contributed by atoms with Crippen LogP contribution < -0.4 is 10.5 Å². The average Bonchev–Trinajstić information content (AvgIpc) is 2.86. The van der Waals surface area contributed by atoms with Gasteiger partial charge in [-0.2, -0.15) is 0 Å². The number of benzene rings is 2. The first-order chi connectivity index (χ1) is 10.4. The lowest BCUT2D eigenvalue weighted by molar-refractivity contribution is 0.553. The van der Waals surface area contributed by atoms with Crippen LogP contribution in [-0.2, 0) is 16.6 Å². The zero-order valence-electron chi connectivity index (χ0n) is 11.2. The van der Waals surface area contributed by atoms with E-state index in [2.05, 4.69) is 9.71 Å². The van der Waals surface area contributed by atoms with Gasteiger partial charge in [0, 0.05) is 17.6 Å². The van der Waals surface area contributed by atoms with Crippen LogP contribution in [0, 0.1) is 0 Å². The van der Waals surface area contributed by atoms with Crippen LogP contribution in [0.2, 0.25) is 5.02 Å². The van der Waals surface area contributed by atoms with Crippen molar-refractivity contribution < 1.29 is 12.8 Å². The van der Waals surface area contributed by atoms with Crippen molar-refractivity contribution in [1.82, 2.24) is 9.71 Å². The summed E-state index contributed by atoms with van der Waals surface area (Å²) in [5, 5.41) is 0.583. The minimum atomic E-state index is -3.71. The second kappa shape index (κ2) is 5.60. The van der Waals surface area contributed by atoms with Crippen molar-refractivity contribution in [1.29, 1.82) is 0 Å². The zero-order valence-corrected chi connectivity index (χ0v) is 12.7. The van der Waals surface area contributed by atoms with Gasteiger partial charge in [0.1, 0.15) is 0 Å². The molecule has 0 aliphatic rings. The van der Waals surface area contributed by atoms with Gasteiger partial charge >= 0.3 is 5.76 Å². The maximum atomic E-state index is 12.3. The van der Waals surface area contributed by atoms with Crippen molar-refractivity contribution in [3.05, 3.63) is 63.6 Å². The van der Waals surface area contributed by atoms with E-state index in [-0.39, 0.29) is 17.0 Å². The summed E-state index contributed by atoms with van der Waals surface area (Å²) < 4.78 is 31.9. The van der Waals surface area contributed by atoms with Gasteiger partial charge in [-0.1, -0.05) is 23.7 Å². The third-order valence-electron chi connectivity index (χ3n) is 3.08. The van der Waals surface area contributed by atoms with Gasteiger partial charge in [0.25, 0.3) is 0 Å². The Balaban J connectivity index is 1.84. The molecule has 2 aromatic carbocycles. The molecule has 2 N–H and O–H groups in total. The minimum Gasteiger partial charge on any atom is -0.408 e. The summed E-state index contributed by atoms with van der Waals surface area (Å²) in [4.78, 5) is 13.6. The van der Waals surface area contributed by atoms with E-state index >= 15 is 0 Å². The lowest BCUT2D eigenvalue weighted by Gasteiger charge is -2.07. The van der Waals surface area contributed by atoms with Gasteiger partial charge < -0.3 is 4.42 Å². The first kappa shape index (κ1) is 14.8. The highest BCUT2D eigenvalue weighted by Gasteiger charge is 2.15. The number of rotatable bonds is 4. The number of fused-ring (bicyclic) bond motifs is 1. The van der Waals surface area contributed by atoms with Crippen molar-refractivity contribution in [3.63, 3.8) is 0 Å². The fourth-order valence-electron chi connectivity index (χ4n) is 1.96. The minimum absolute atomic E-state index is 0.0247. The van der Waals surface area contributed by atoms with Crippen molar-refractivity contribution in [2.75, 3.05) is 0 Å². The quantitative estimate of drug-likeness (QED) is 0.763. The van der Waals surface area contributed by atoms with Crippen molar-refractivity contribution >= 4 is 32.7 Å². The Labute approximate surface area is 130 Å². The Morgan fingerprint density at radius 2 is 1.86 bits per heavy atom. The summed E-state index contributed by atoms with van der Waals surface area (Å²) in [6.07, 6.45) is 0. The fraction of sp³-hybridized carbons (Fsp3) is 0.0714. The van der Waals surface area contributed by atoms with Gasteiger partial charge in [-0.25, -0.2) is 17.9 Å². The highest BCUT2D eigenvalue weighted by Crippen LogP contribution is 2.17. The van der Waals surface area contributed by atoms with Gasteiger partial charge in [-0.3, -0.25) is 4.98 Å². The van der Waals surface area contributed by atoms with Crippen LogP contribution in [0.25, 0.3) is 11.1 Å². The molecule has 0 radical (unpaired) electrons. The van der Waals surface area contributed by atoms with Gasteiger partial charge in [0.2, 0.25) is 10.0 Å². The second-order valence-corrected chi connectivity index (χ2v) is 6.83. The maximum Gasteiger partial charge on any atom is 0.417 e. The van der Waals surface area contributed by atoms with Crippen LogP contribution in [0.1, 0.15) is 5.56 Å². The van der Waals surface area contributed by atoms with Crippen LogP contribution in [0.15, 0.2) is 56.6 Å². The molecule has 0 spiro atoms. The molecule has 0 unspecified atom stereocenters. The predicted octanol–water partition coefficient (Wildman–Crippen LogP) is 2.25. The summed E-state index contributed by atoms with van der Waals surface area (Å²) in [5.41, 5.74) is 1.42.